The van der Waals surface area contributed by atoms with Gasteiger partial charge >= 0.3 is 0 Å². The van der Waals surface area contributed by atoms with Crippen molar-refractivity contribution in [2.45, 2.75) is 57.8 Å². The van der Waals surface area contributed by atoms with Crippen LogP contribution in [0.5, 0.6) is 0 Å². The maximum absolute atomic E-state index is 5.54. The highest BCUT2D eigenvalue weighted by Crippen LogP contribution is 2.32. The fourth-order valence-electron chi connectivity index (χ4n) is 2.16. The predicted octanol–water partition coefficient (Wildman–Crippen LogP) is 3.23. The summed E-state index contributed by atoms with van der Waals surface area (Å²) in [6, 6.07) is 1.41. The molecule has 0 aliphatic heterocycles. The Bertz CT molecular complexity index is 108. The van der Waals surface area contributed by atoms with Crippen LogP contribution < -0.4 is 5.73 Å². The van der Waals surface area contributed by atoms with E-state index in [1.54, 1.807) is 0 Å². The van der Waals surface area contributed by atoms with Gasteiger partial charge in [0.1, 0.15) is 0 Å². The van der Waals surface area contributed by atoms with Gasteiger partial charge in [-0.15, -0.1) is 0 Å². The lowest BCUT2D eigenvalue weighted by atomic mass is 10.3. The zero-order chi connectivity index (χ0) is 9.61. The van der Waals surface area contributed by atoms with Crippen LogP contribution in [0.1, 0.15) is 33.1 Å². The van der Waals surface area contributed by atoms with E-state index in [0.717, 1.165) is 12.1 Å². The summed E-state index contributed by atoms with van der Waals surface area (Å²) in [7, 11) is -0.934. The molecule has 0 saturated heterocycles. The molecule has 0 heterocycles. The van der Waals surface area contributed by atoms with Crippen molar-refractivity contribution in [1.29, 1.82) is 0 Å². The van der Waals surface area contributed by atoms with Crippen molar-refractivity contribution in [2.24, 2.45) is 5.73 Å². The van der Waals surface area contributed by atoms with E-state index >= 15 is 0 Å². The molecule has 0 fully saturated rings. The summed E-state index contributed by atoms with van der Waals surface area (Å²) in [6.45, 7) is 10.5. The van der Waals surface area contributed by atoms with E-state index in [1.165, 1.54) is 25.3 Å². The molecule has 0 unspecified atom stereocenters. The van der Waals surface area contributed by atoms with Crippen LogP contribution in [0.3, 0.4) is 0 Å². The third-order valence-electron chi connectivity index (χ3n) is 3.12. The largest absolute Gasteiger partial charge is 0.330 e. The second-order valence-corrected chi connectivity index (χ2v) is 9.69. The van der Waals surface area contributed by atoms with Gasteiger partial charge in [0.2, 0.25) is 0 Å². The third-order valence-corrected chi connectivity index (χ3v) is 7.79. The molecule has 0 aromatic rings. The van der Waals surface area contributed by atoms with Gasteiger partial charge in [-0.1, -0.05) is 45.8 Å². The quantitative estimate of drug-likeness (QED) is 0.635. The van der Waals surface area contributed by atoms with Crippen LogP contribution in [0.2, 0.25) is 24.7 Å². The summed E-state index contributed by atoms with van der Waals surface area (Å²) in [4.78, 5) is 0. The normalized spacial score (nSPS) is 12.5. The predicted molar refractivity (Wildman–Crippen MR) is 60.3 cm³/mol. The molecule has 0 aliphatic carbocycles. The Hall–Kier alpha value is 0.177. The van der Waals surface area contributed by atoms with E-state index in [-0.39, 0.29) is 0 Å². The van der Waals surface area contributed by atoms with Gasteiger partial charge in [0.05, 0.1) is 8.07 Å². The summed E-state index contributed by atoms with van der Waals surface area (Å²) < 4.78 is 0. The van der Waals surface area contributed by atoms with Gasteiger partial charge in [0, 0.05) is 0 Å². The smallest absolute Gasteiger partial charge is 0.0505 e. The van der Waals surface area contributed by atoms with E-state index in [2.05, 4.69) is 26.9 Å². The van der Waals surface area contributed by atoms with Crippen molar-refractivity contribution in [2.75, 3.05) is 6.54 Å². The molecule has 1 nitrogen and oxygen atoms in total. The summed E-state index contributed by atoms with van der Waals surface area (Å²) >= 11 is 0. The maximum atomic E-state index is 5.54. The van der Waals surface area contributed by atoms with Gasteiger partial charge in [-0.25, -0.2) is 0 Å². The molecule has 0 aromatic heterocycles. The first kappa shape index (κ1) is 12.2. The van der Waals surface area contributed by atoms with Crippen molar-refractivity contribution < 1.29 is 0 Å². The van der Waals surface area contributed by atoms with Crippen LogP contribution in [-0.2, 0) is 0 Å². The Balaban J connectivity index is 3.96. The molecule has 2 N–H and O–H groups in total. The first-order valence-corrected chi connectivity index (χ1v) is 8.57. The molecule has 0 radical (unpaired) electrons. The molecule has 12 heavy (non-hydrogen) atoms. The van der Waals surface area contributed by atoms with Crippen molar-refractivity contribution in [3.05, 3.63) is 0 Å². The summed E-state index contributed by atoms with van der Waals surface area (Å²) in [5.41, 5.74) is 6.54. The summed E-state index contributed by atoms with van der Waals surface area (Å²) in [5.74, 6) is 0. The lowest BCUT2D eigenvalue weighted by molar-refractivity contribution is 0.724. The Morgan fingerprint density at radius 3 is 2.00 bits per heavy atom. The van der Waals surface area contributed by atoms with Gasteiger partial charge in [-0.3, -0.25) is 0 Å². The highest BCUT2D eigenvalue weighted by Gasteiger charge is 2.27. The van der Waals surface area contributed by atoms with Crippen LogP contribution in [0, 0.1) is 0 Å². The zero-order valence-electron chi connectivity index (χ0n) is 9.19. The fraction of sp³-hybridized carbons (Fsp3) is 1.00. The highest BCUT2D eigenvalue weighted by molar-refractivity contribution is 6.78. The molecule has 0 atom stereocenters. The van der Waals surface area contributed by atoms with Gasteiger partial charge in [0.25, 0.3) is 0 Å². The molecular weight excluding hydrogens is 162 g/mol. The van der Waals surface area contributed by atoms with Crippen LogP contribution in [0.15, 0.2) is 0 Å². The molecule has 0 rings (SSSR count). The van der Waals surface area contributed by atoms with Gasteiger partial charge in [-0.05, 0) is 18.5 Å². The molecule has 0 bridgehead atoms. The van der Waals surface area contributed by atoms with Crippen LogP contribution in [0.4, 0.5) is 0 Å². The molecular formula is C10H25NSi. The maximum Gasteiger partial charge on any atom is 0.0505 e. The van der Waals surface area contributed by atoms with E-state index in [0.29, 0.717) is 0 Å². The topological polar surface area (TPSA) is 26.0 Å². The van der Waals surface area contributed by atoms with Crippen LogP contribution >= 0.6 is 0 Å². The Labute approximate surface area is 78.7 Å². The minimum atomic E-state index is -0.934. The minimum absolute atomic E-state index is 0.872. The fourth-order valence-corrected chi connectivity index (χ4v) is 5.89. The van der Waals surface area contributed by atoms with Crippen molar-refractivity contribution in [3.63, 3.8) is 0 Å². The van der Waals surface area contributed by atoms with Crippen LogP contribution in [-0.4, -0.2) is 14.6 Å². The van der Waals surface area contributed by atoms with E-state index < -0.39 is 8.07 Å². The first-order valence-electron chi connectivity index (χ1n) is 5.28. The second kappa shape index (κ2) is 5.76. The van der Waals surface area contributed by atoms with E-state index in [9.17, 15) is 0 Å². The van der Waals surface area contributed by atoms with Crippen LogP contribution in [0.25, 0.3) is 0 Å². The van der Waals surface area contributed by atoms with Crippen molar-refractivity contribution >= 4 is 8.07 Å². The number of hydrogen-bond donors (Lipinski definition) is 1. The Kier molecular flexibility index (Phi) is 5.84. The Morgan fingerprint density at radius 1 is 1.17 bits per heavy atom. The minimum Gasteiger partial charge on any atom is -0.330 e. The molecule has 74 valence electrons. The number of rotatable bonds is 6. The molecule has 0 amide bonds. The standard InChI is InChI=1S/C10H25NSi/c1-5-10(6-2)12(3,4)9-7-8-11/h10H,5-9,11H2,1-4H3. The zero-order valence-corrected chi connectivity index (χ0v) is 10.2. The highest BCUT2D eigenvalue weighted by atomic mass is 28.3. The van der Waals surface area contributed by atoms with E-state index in [1.807, 2.05) is 0 Å². The molecule has 0 aliphatic rings. The molecule has 0 aromatic carbocycles. The average Bonchev–Trinajstić information content (AvgIpc) is 2.03. The SMILES string of the molecule is CCC(CC)[Si](C)(C)CCCN. The van der Waals surface area contributed by atoms with Gasteiger partial charge in [0.15, 0.2) is 0 Å². The van der Waals surface area contributed by atoms with Crippen molar-refractivity contribution in [3.8, 4) is 0 Å². The van der Waals surface area contributed by atoms with Gasteiger partial charge in [-0.2, -0.15) is 0 Å². The number of nitrogens with two attached hydrogens (primary N) is 1. The summed E-state index contributed by atoms with van der Waals surface area (Å²) in [6.07, 6.45) is 3.95. The van der Waals surface area contributed by atoms with E-state index in [4.69, 9.17) is 5.73 Å². The third kappa shape index (κ3) is 3.72. The Morgan fingerprint density at radius 2 is 1.67 bits per heavy atom. The average molecular weight is 187 g/mol. The van der Waals surface area contributed by atoms with Gasteiger partial charge < -0.3 is 5.73 Å². The molecule has 2 heteroatoms. The number of hydrogen-bond acceptors (Lipinski definition) is 1. The molecule has 0 spiro atoms. The lowest BCUT2D eigenvalue weighted by Gasteiger charge is -2.31. The first-order chi connectivity index (χ1) is 5.58. The molecule has 0 saturated carbocycles. The monoisotopic (exact) mass is 187 g/mol. The van der Waals surface area contributed by atoms with Crippen molar-refractivity contribution in [1.82, 2.24) is 0 Å². The lowest BCUT2D eigenvalue weighted by Crippen LogP contribution is -2.32. The summed E-state index contributed by atoms with van der Waals surface area (Å²) in [5, 5.41) is 0. The second-order valence-electron chi connectivity index (χ2n) is 4.39.